The Morgan fingerprint density at radius 3 is 2.96 bits per heavy atom. The summed E-state index contributed by atoms with van der Waals surface area (Å²) >= 11 is 0. The number of pyridine rings is 1. The molecule has 138 valence electrons. The normalized spacial score (nSPS) is 20.0. The van der Waals surface area contributed by atoms with Gasteiger partial charge in [-0.2, -0.15) is 0 Å². The van der Waals surface area contributed by atoms with Crippen LogP contribution in [0.15, 0.2) is 42.6 Å². The highest BCUT2D eigenvalue weighted by molar-refractivity contribution is 5.98. The minimum Gasteiger partial charge on any atom is -0.490 e. The third-order valence-corrected chi connectivity index (χ3v) is 4.63. The van der Waals surface area contributed by atoms with Crippen LogP contribution in [-0.2, 0) is 4.74 Å². The van der Waals surface area contributed by atoms with Crippen LogP contribution in [0.4, 0.5) is 10.2 Å². The van der Waals surface area contributed by atoms with Gasteiger partial charge in [0.2, 0.25) is 0 Å². The Balaban J connectivity index is 1.72. The Morgan fingerprint density at radius 2 is 2.23 bits per heavy atom. The van der Waals surface area contributed by atoms with Gasteiger partial charge in [-0.3, -0.25) is 4.79 Å². The molecule has 3 rings (SSSR count). The first-order chi connectivity index (χ1) is 12.5. The molecule has 0 unspecified atom stereocenters. The summed E-state index contributed by atoms with van der Waals surface area (Å²) in [6.07, 6.45) is 3.06. The summed E-state index contributed by atoms with van der Waals surface area (Å²) in [7, 11) is 1.60. The largest absolute Gasteiger partial charge is 0.490 e. The van der Waals surface area contributed by atoms with E-state index in [1.54, 1.807) is 42.5 Å². The minimum absolute atomic E-state index is 0.178. The number of nitrogen functional groups attached to an aromatic ring is 1. The summed E-state index contributed by atoms with van der Waals surface area (Å²) in [5, 5.41) is 0. The van der Waals surface area contributed by atoms with E-state index in [2.05, 4.69) is 4.98 Å². The molecule has 0 spiro atoms. The Kier molecular flexibility index (Phi) is 5.37. The molecule has 1 saturated heterocycles. The van der Waals surface area contributed by atoms with Gasteiger partial charge in [-0.15, -0.1) is 0 Å². The fraction of sp³-hybridized carbons (Fsp3) is 0.368. The molecule has 6 nitrogen and oxygen atoms in total. The number of ether oxygens (including phenoxy) is 2. The molecule has 1 aliphatic rings. The first-order valence-corrected chi connectivity index (χ1v) is 8.46. The Labute approximate surface area is 151 Å². The SMILES string of the molecule is CO[C@]1(COc2cccc(F)c2)CCCN(C(=O)c2cccnc2N)C1. The summed E-state index contributed by atoms with van der Waals surface area (Å²) in [5.41, 5.74) is 5.55. The number of nitrogens with two attached hydrogens (primary N) is 1. The number of aromatic nitrogens is 1. The number of hydrogen-bond acceptors (Lipinski definition) is 5. The van der Waals surface area contributed by atoms with Gasteiger partial charge in [-0.25, -0.2) is 9.37 Å². The van der Waals surface area contributed by atoms with Gasteiger partial charge >= 0.3 is 0 Å². The summed E-state index contributed by atoms with van der Waals surface area (Å²) in [6.45, 7) is 1.20. The molecule has 2 heterocycles. The number of methoxy groups -OCH3 is 1. The molecule has 7 heteroatoms. The molecule has 26 heavy (non-hydrogen) atoms. The van der Waals surface area contributed by atoms with E-state index in [0.29, 0.717) is 24.4 Å². The number of carbonyl (C=O) groups excluding carboxylic acids is 1. The van der Waals surface area contributed by atoms with Crippen LogP contribution in [0.1, 0.15) is 23.2 Å². The number of amides is 1. The highest BCUT2D eigenvalue weighted by Crippen LogP contribution is 2.28. The number of rotatable bonds is 5. The van der Waals surface area contributed by atoms with Gasteiger partial charge in [0.15, 0.2) is 0 Å². The zero-order valence-electron chi connectivity index (χ0n) is 14.7. The summed E-state index contributed by atoms with van der Waals surface area (Å²) in [5.74, 6) is 0.104. The second kappa shape index (κ2) is 7.70. The number of carbonyl (C=O) groups is 1. The van der Waals surface area contributed by atoms with Crippen molar-refractivity contribution in [3.63, 3.8) is 0 Å². The van der Waals surface area contributed by atoms with Crippen molar-refractivity contribution in [1.29, 1.82) is 0 Å². The molecule has 1 aromatic carbocycles. The van der Waals surface area contributed by atoms with E-state index < -0.39 is 5.60 Å². The molecule has 2 aromatic rings. The maximum atomic E-state index is 13.3. The van der Waals surface area contributed by atoms with E-state index in [9.17, 15) is 9.18 Å². The fourth-order valence-corrected chi connectivity index (χ4v) is 3.16. The van der Waals surface area contributed by atoms with Crippen LogP contribution < -0.4 is 10.5 Å². The third-order valence-electron chi connectivity index (χ3n) is 4.63. The molecule has 1 amide bonds. The smallest absolute Gasteiger partial charge is 0.257 e. The number of hydrogen-bond donors (Lipinski definition) is 1. The first kappa shape index (κ1) is 18.1. The third kappa shape index (κ3) is 3.94. The van der Waals surface area contributed by atoms with Crippen molar-refractivity contribution in [3.05, 3.63) is 54.0 Å². The first-order valence-electron chi connectivity index (χ1n) is 8.46. The van der Waals surface area contributed by atoms with Crippen LogP contribution in [0.2, 0.25) is 0 Å². The van der Waals surface area contributed by atoms with Gasteiger partial charge in [0.1, 0.15) is 29.6 Å². The standard InChI is InChI=1S/C19H22FN3O3/c1-25-19(13-26-15-6-2-5-14(20)11-15)8-4-10-23(12-19)18(24)16-7-3-9-22-17(16)21/h2-3,5-7,9,11H,4,8,10,12-13H2,1H3,(H2,21,22)/t19-/m1/s1. The second-order valence-electron chi connectivity index (χ2n) is 6.40. The molecule has 0 saturated carbocycles. The lowest BCUT2D eigenvalue weighted by atomic mass is 9.92. The van der Waals surface area contributed by atoms with Crippen LogP contribution in [-0.4, -0.2) is 48.2 Å². The quantitative estimate of drug-likeness (QED) is 0.887. The monoisotopic (exact) mass is 359 g/mol. The van der Waals surface area contributed by atoms with Gasteiger partial charge in [-0.05, 0) is 37.1 Å². The molecule has 1 atom stereocenters. The van der Waals surface area contributed by atoms with Gasteiger partial charge in [-0.1, -0.05) is 6.07 Å². The summed E-state index contributed by atoms with van der Waals surface area (Å²) in [4.78, 5) is 18.5. The predicted molar refractivity (Wildman–Crippen MR) is 95.4 cm³/mol. The van der Waals surface area contributed by atoms with E-state index in [1.165, 1.54) is 12.1 Å². The molecule has 0 bridgehead atoms. The van der Waals surface area contributed by atoms with Crippen LogP contribution in [0.5, 0.6) is 5.75 Å². The number of likely N-dealkylation sites (tertiary alicyclic amines) is 1. The number of anilines is 1. The number of halogens is 1. The number of benzene rings is 1. The molecule has 1 fully saturated rings. The van der Waals surface area contributed by atoms with Crippen molar-refractivity contribution in [2.24, 2.45) is 0 Å². The maximum Gasteiger partial charge on any atom is 0.257 e. The molecule has 0 radical (unpaired) electrons. The summed E-state index contributed by atoms with van der Waals surface area (Å²) < 4.78 is 24.8. The Hall–Kier alpha value is -2.67. The zero-order valence-corrected chi connectivity index (χ0v) is 14.7. The van der Waals surface area contributed by atoms with Crippen molar-refractivity contribution >= 4 is 11.7 Å². The van der Waals surface area contributed by atoms with E-state index in [-0.39, 0.29) is 24.1 Å². The van der Waals surface area contributed by atoms with E-state index in [4.69, 9.17) is 15.2 Å². The van der Waals surface area contributed by atoms with Crippen LogP contribution in [0, 0.1) is 5.82 Å². The van der Waals surface area contributed by atoms with Crippen LogP contribution in [0.25, 0.3) is 0 Å². The number of piperidine rings is 1. The van der Waals surface area contributed by atoms with E-state index in [0.717, 1.165) is 12.8 Å². The minimum atomic E-state index is -0.656. The highest BCUT2D eigenvalue weighted by atomic mass is 19.1. The predicted octanol–water partition coefficient (Wildman–Crippen LogP) is 2.50. The van der Waals surface area contributed by atoms with Crippen molar-refractivity contribution < 1.29 is 18.7 Å². The maximum absolute atomic E-state index is 13.3. The topological polar surface area (TPSA) is 77.7 Å². The Morgan fingerprint density at radius 1 is 1.38 bits per heavy atom. The molecule has 0 aliphatic carbocycles. The van der Waals surface area contributed by atoms with Crippen LogP contribution in [0.3, 0.4) is 0 Å². The summed E-state index contributed by atoms with van der Waals surface area (Å²) in [6, 6.07) is 9.31. The Bertz CT molecular complexity index is 786. The van der Waals surface area contributed by atoms with Gasteiger partial charge in [0.05, 0.1) is 12.1 Å². The molecular weight excluding hydrogens is 337 g/mol. The van der Waals surface area contributed by atoms with Gasteiger partial charge in [0.25, 0.3) is 5.91 Å². The molecule has 1 aromatic heterocycles. The van der Waals surface area contributed by atoms with Crippen molar-refractivity contribution in [1.82, 2.24) is 9.88 Å². The lowest BCUT2D eigenvalue weighted by molar-refractivity contribution is -0.0825. The molecule has 1 aliphatic heterocycles. The van der Waals surface area contributed by atoms with Crippen molar-refractivity contribution in [3.8, 4) is 5.75 Å². The molecular formula is C19H22FN3O3. The average molecular weight is 359 g/mol. The van der Waals surface area contributed by atoms with E-state index >= 15 is 0 Å². The van der Waals surface area contributed by atoms with Gasteiger partial charge in [0, 0.05) is 25.9 Å². The highest BCUT2D eigenvalue weighted by Gasteiger charge is 2.38. The second-order valence-corrected chi connectivity index (χ2v) is 6.40. The average Bonchev–Trinajstić information content (AvgIpc) is 2.66. The number of nitrogens with zero attached hydrogens (tertiary/aromatic N) is 2. The van der Waals surface area contributed by atoms with Crippen LogP contribution >= 0.6 is 0 Å². The lowest BCUT2D eigenvalue weighted by Crippen LogP contribution is -2.54. The zero-order chi connectivity index (χ0) is 18.6. The van der Waals surface area contributed by atoms with E-state index in [1.807, 2.05) is 0 Å². The molecule has 2 N–H and O–H groups in total. The van der Waals surface area contributed by atoms with Crippen molar-refractivity contribution in [2.45, 2.75) is 18.4 Å². The lowest BCUT2D eigenvalue weighted by Gasteiger charge is -2.41. The van der Waals surface area contributed by atoms with Gasteiger partial charge < -0.3 is 20.1 Å². The fourth-order valence-electron chi connectivity index (χ4n) is 3.16. The van der Waals surface area contributed by atoms with Crippen molar-refractivity contribution in [2.75, 3.05) is 32.5 Å².